The number of nitrogens with zero attached hydrogens (tertiary/aromatic N) is 1. The SMILES string of the molecule is O=C(C1CCCOC1)N1CCC(OCCCl)CC1. The Balaban J connectivity index is 1.73. The van der Waals surface area contributed by atoms with Gasteiger partial charge in [-0.15, -0.1) is 11.6 Å². The van der Waals surface area contributed by atoms with Crippen LogP contribution in [0.4, 0.5) is 0 Å². The number of rotatable bonds is 4. The van der Waals surface area contributed by atoms with Gasteiger partial charge in [-0.2, -0.15) is 0 Å². The highest BCUT2D eigenvalue weighted by atomic mass is 35.5. The number of likely N-dealkylation sites (tertiary alicyclic amines) is 1. The monoisotopic (exact) mass is 275 g/mol. The summed E-state index contributed by atoms with van der Waals surface area (Å²) >= 11 is 5.60. The summed E-state index contributed by atoms with van der Waals surface area (Å²) < 4.78 is 11.0. The molecule has 0 saturated carbocycles. The molecule has 0 aromatic carbocycles. The number of hydrogen-bond donors (Lipinski definition) is 0. The summed E-state index contributed by atoms with van der Waals surface area (Å²) in [7, 11) is 0. The van der Waals surface area contributed by atoms with Crippen LogP contribution < -0.4 is 0 Å². The average Bonchev–Trinajstić information content (AvgIpc) is 2.46. The Hall–Kier alpha value is -0.320. The van der Waals surface area contributed by atoms with Gasteiger partial charge in [-0.05, 0) is 25.7 Å². The predicted octanol–water partition coefficient (Wildman–Crippen LogP) is 1.66. The quantitative estimate of drug-likeness (QED) is 0.733. The first-order chi connectivity index (χ1) is 8.81. The second kappa shape index (κ2) is 7.31. The van der Waals surface area contributed by atoms with Crippen molar-refractivity contribution >= 4 is 17.5 Å². The summed E-state index contributed by atoms with van der Waals surface area (Å²) in [5, 5.41) is 0. The molecule has 2 saturated heterocycles. The van der Waals surface area contributed by atoms with Crippen molar-refractivity contribution in [3.05, 3.63) is 0 Å². The molecule has 2 rings (SSSR count). The highest BCUT2D eigenvalue weighted by Crippen LogP contribution is 2.20. The van der Waals surface area contributed by atoms with Gasteiger partial charge >= 0.3 is 0 Å². The summed E-state index contributed by atoms with van der Waals surface area (Å²) in [6.45, 7) is 3.63. The van der Waals surface area contributed by atoms with E-state index in [1.807, 2.05) is 4.90 Å². The minimum Gasteiger partial charge on any atom is -0.381 e. The number of piperidine rings is 1. The van der Waals surface area contributed by atoms with E-state index in [1.165, 1.54) is 0 Å². The van der Waals surface area contributed by atoms with Gasteiger partial charge in [-0.25, -0.2) is 0 Å². The first-order valence-corrected chi connectivity index (χ1v) is 7.39. The summed E-state index contributed by atoms with van der Waals surface area (Å²) in [5.41, 5.74) is 0. The molecule has 1 unspecified atom stereocenters. The lowest BCUT2D eigenvalue weighted by atomic mass is 9.98. The van der Waals surface area contributed by atoms with Crippen LogP contribution in [0.3, 0.4) is 0 Å². The van der Waals surface area contributed by atoms with Gasteiger partial charge in [-0.1, -0.05) is 0 Å². The van der Waals surface area contributed by atoms with E-state index >= 15 is 0 Å². The fourth-order valence-electron chi connectivity index (χ4n) is 2.65. The maximum absolute atomic E-state index is 12.3. The lowest BCUT2D eigenvalue weighted by Gasteiger charge is -2.35. The minimum atomic E-state index is 0.0825. The Morgan fingerprint density at radius 3 is 2.72 bits per heavy atom. The Kier molecular flexibility index (Phi) is 5.73. The standard InChI is InChI=1S/C13H22ClNO3/c14-5-9-18-12-3-6-15(7-4-12)13(16)11-2-1-8-17-10-11/h11-12H,1-10H2. The Morgan fingerprint density at radius 2 is 2.11 bits per heavy atom. The van der Waals surface area contributed by atoms with Gasteiger partial charge in [0.25, 0.3) is 0 Å². The van der Waals surface area contributed by atoms with Gasteiger partial charge in [0, 0.05) is 25.6 Å². The van der Waals surface area contributed by atoms with Gasteiger partial charge in [0.1, 0.15) is 0 Å². The largest absolute Gasteiger partial charge is 0.381 e. The van der Waals surface area contributed by atoms with Crippen LogP contribution in [0.2, 0.25) is 0 Å². The molecule has 2 aliphatic heterocycles. The van der Waals surface area contributed by atoms with Gasteiger partial charge < -0.3 is 14.4 Å². The van der Waals surface area contributed by atoms with Crippen molar-refractivity contribution in [2.45, 2.75) is 31.8 Å². The maximum Gasteiger partial charge on any atom is 0.228 e. The number of carbonyl (C=O) groups excluding carboxylic acids is 1. The molecule has 0 spiro atoms. The lowest BCUT2D eigenvalue weighted by Crippen LogP contribution is -2.45. The fourth-order valence-corrected chi connectivity index (χ4v) is 2.74. The first kappa shape index (κ1) is 14.1. The molecule has 0 N–H and O–H groups in total. The number of hydrogen-bond acceptors (Lipinski definition) is 3. The third-order valence-electron chi connectivity index (χ3n) is 3.69. The molecule has 2 aliphatic rings. The van der Waals surface area contributed by atoms with Crippen molar-refractivity contribution < 1.29 is 14.3 Å². The van der Waals surface area contributed by atoms with E-state index in [0.29, 0.717) is 19.1 Å². The molecule has 0 aromatic rings. The van der Waals surface area contributed by atoms with Gasteiger partial charge in [0.15, 0.2) is 0 Å². The molecule has 2 heterocycles. The van der Waals surface area contributed by atoms with Crippen molar-refractivity contribution in [2.75, 3.05) is 38.8 Å². The smallest absolute Gasteiger partial charge is 0.228 e. The zero-order valence-electron chi connectivity index (χ0n) is 10.8. The van der Waals surface area contributed by atoms with Crippen LogP contribution in [-0.4, -0.2) is 55.7 Å². The van der Waals surface area contributed by atoms with E-state index in [-0.39, 0.29) is 17.9 Å². The fraction of sp³-hybridized carbons (Fsp3) is 0.923. The molecular weight excluding hydrogens is 254 g/mol. The normalized spacial score (nSPS) is 26.3. The second-order valence-electron chi connectivity index (χ2n) is 5.00. The van der Waals surface area contributed by atoms with Crippen LogP contribution in [-0.2, 0) is 14.3 Å². The van der Waals surface area contributed by atoms with Crippen molar-refractivity contribution in [3.8, 4) is 0 Å². The Labute approximate surface area is 114 Å². The van der Waals surface area contributed by atoms with Crippen LogP contribution in [0.25, 0.3) is 0 Å². The topological polar surface area (TPSA) is 38.8 Å². The van der Waals surface area contributed by atoms with Crippen LogP contribution in [0.5, 0.6) is 0 Å². The van der Waals surface area contributed by atoms with Crippen LogP contribution >= 0.6 is 11.6 Å². The minimum absolute atomic E-state index is 0.0825. The molecule has 5 heteroatoms. The van der Waals surface area contributed by atoms with E-state index < -0.39 is 0 Å². The molecule has 0 bridgehead atoms. The lowest BCUT2D eigenvalue weighted by molar-refractivity contribution is -0.142. The van der Waals surface area contributed by atoms with Crippen LogP contribution in [0.15, 0.2) is 0 Å². The number of alkyl halides is 1. The van der Waals surface area contributed by atoms with Gasteiger partial charge in [0.2, 0.25) is 5.91 Å². The molecule has 0 aromatic heterocycles. The molecule has 2 fully saturated rings. The number of halogens is 1. The van der Waals surface area contributed by atoms with E-state index in [4.69, 9.17) is 21.1 Å². The van der Waals surface area contributed by atoms with E-state index in [9.17, 15) is 4.79 Å². The zero-order valence-corrected chi connectivity index (χ0v) is 11.5. The summed E-state index contributed by atoms with van der Waals surface area (Å²) in [5.74, 6) is 0.892. The molecule has 0 aliphatic carbocycles. The third kappa shape index (κ3) is 3.84. The Morgan fingerprint density at radius 1 is 1.33 bits per heavy atom. The average molecular weight is 276 g/mol. The zero-order chi connectivity index (χ0) is 12.8. The molecule has 4 nitrogen and oxygen atoms in total. The second-order valence-corrected chi connectivity index (χ2v) is 5.38. The van der Waals surface area contributed by atoms with Gasteiger partial charge in [0.05, 0.1) is 25.2 Å². The third-order valence-corrected chi connectivity index (χ3v) is 3.85. The van der Waals surface area contributed by atoms with E-state index in [2.05, 4.69) is 0 Å². The molecule has 1 atom stereocenters. The van der Waals surface area contributed by atoms with E-state index in [1.54, 1.807) is 0 Å². The highest BCUT2D eigenvalue weighted by Gasteiger charge is 2.29. The molecule has 1 amide bonds. The van der Waals surface area contributed by atoms with Crippen molar-refractivity contribution in [2.24, 2.45) is 5.92 Å². The summed E-state index contributed by atoms with van der Waals surface area (Å²) in [6.07, 6.45) is 4.11. The molecule has 104 valence electrons. The van der Waals surface area contributed by atoms with Crippen LogP contribution in [0, 0.1) is 5.92 Å². The van der Waals surface area contributed by atoms with Crippen LogP contribution in [0.1, 0.15) is 25.7 Å². The number of amides is 1. The molecule has 0 radical (unpaired) electrons. The Bertz CT molecular complexity index is 261. The van der Waals surface area contributed by atoms with Gasteiger partial charge in [-0.3, -0.25) is 4.79 Å². The predicted molar refractivity (Wildman–Crippen MR) is 69.8 cm³/mol. The van der Waals surface area contributed by atoms with Crippen molar-refractivity contribution in [3.63, 3.8) is 0 Å². The van der Waals surface area contributed by atoms with E-state index in [0.717, 1.165) is 45.4 Å². The number of ether oxygens (including phenoxy) is 2. The van der Waals surface area contributed by atoms with Crippen molar-refractivity contribution in [1.82, 2.24) is 4.90 Å². The molecule has 18 heavy (non-hydrogen) atoms. The number of carbonyl (C=O) groups is 1. The maximum atomic E-state index is 12.3. The summed E-state index contributed by atoms with van der Waals surface area (Å²) in [6, 6.07) is 0. The molecular formula is C13H22ClNO3. The highest BCUT2D eigenvalue weighted by molar-refractivity contribution is 6.17. The first-order valence-electron chi connectivity index (χ1n) is 6.85. The summed E-state index contributed by atoms with van der Waals surface area (Å²) in [4.78, 5) is 14.2. The van der Waals surface area contributed by atoms with Crippen molar-refractivity contribution in [1.29, 1.82) is 0 Å².